The van der Waals surface area contributed by atoms with Crippen molar-refractivity contribution in [2.75, 3.05) is 46.9 Å². The molecule has 0 aliphatic carbocycles. The third kappa shape index (κ3) is 15.9. The Labute approximate surface area is 114 Å². The Morgan fingerprint density at radius 3 is 2.28 bits per heavy atom. The molecule has 0 rings (SSSR count). The minimum atomic E-state index is 0.858. The van der Waals surface area contributed by atoms with Crippen molar-refractivity contribution in [3.63, 3.8) is 0 Å². The first-order chi connectivity index (χ1) is 8.77. The Morgan fingerprint density at radius 1 is 0.833 bits per heavy atom. The summed E-state index contributed by atoms with van der Waals surface area (Å²) in [5, 5.41) is 3.41. The Morgan fingerprint density at radius 2 is 1.56 bits per heavy atom. The van der Waals surface area contributed by atoms with Gasteiger partial charge in [-0.3, -0.25) is 0 Å². The quantitative estimate of drug-likeness (QED) is 0.485. The van der Waals surface area contributed by atoms with Gasteiger partial charge in [0.1, 0.15) is 0 Å². The van der Waals surface area contributed by atoms with Crippen LogP contribution in [-0.2, 0) is 4.74 Å². The van der Waals surface area contributed by atoms with Gasteiger partial charge in [0.15, 0.2) is 0 Å². The van der Waals surface area contributed by atoms with Gasteiger partial charge in [-0.1, -0.05) is 39.0 Å². The van der Waals surface area contributed by atoms with E-state index in [2.05, 4.69) is 31.2 Å². The molecule has 0 aromatic carbocycles. The molecule has 0 fully saturated rings. The molecule has 3 nitrogen and oxygen atoms in total. The lowest BCUT2D eigenvalue weighted by Gasteiger charge is -2.10. The average molecular weight is 258 g/mol. The normalized spacial score (nSPS) is 11.3. The predicted octanol–water partition coefficient (Wildman–Crippen LogP) is 2.90. The van der Waals surface area contributed by atoms with E-state index in [0.29, 0.717) is 0 Å². The van der Waals surface area contributed by atoms with E-state index in [9.17, 15) is 0 Å². The van der Waals surface area contributed by atoms with Crippen molar-refractivity contribution in [2.45, 2.75) is 51.9 Å². The molecule has 0 aromatic heterocycles. The fourth-order valence-electron chi connectivity index (χ4n) is 1.88. The van der Waals surface area contributed by atoms with Gasteiger partial charge < -0.3 is 15.0 Å². The van der Waals surface area contributed by atoms with E-state index in [1.807, 2.05) is 0 Å². The van der Waals surface area contributed by atoms with Crippen LogP contribution in [0.1, 0.15) is 51.9 Å². The topological polar surface area (TPSA) is 24.5 Å². The monoisotopic (exact) mass is 258 g/mol. The van der Waals surface area contributed by atoms with Gasteiger partial charge in [-0.15, -0.1) is 0 Å². The Kier molecular flexibility index (Phi) is 14.8. The highest BCUT2D eigenvalue weighted by atomic mass is 16.5. The van der Waals surface area contributed by atoms with Crippen LogP contribution in [0.2, 0.25) is 0 Å². The summed E-state index contributed by atoms with van der Waals surface area (Å²) in [6.45, 7) is 7.30. The SMILES string of the molecule is CCCCCCCCOCCNCCCN(C)C. The van der Waals surface area contributed by atoms with E-state index in [-0.39, 0.29) is 0 Å². The second kappa shape index (κ2) is 14.9. The van der Waals surface area contributed by atoms with E-state index in [1.165, 1.54) is 44.9 Å². The van der Waals surface area contributed by atoms with Crippen LogP contribution >= 0.6 is 0 Å². The molecule has 1 N–H and O–H groups in total. The lowest BCUT2D eigenvalue weighted by Crippen LogP contribution is -2.24. The Bertz CT molecular complexity index is 151. The molecular formula is C15H34N2O. The highest BCUT2D eigenvalue weighted by Gasteiger charge is 1.93. The molecule has 0 spiro atoms. The van der Waals surface area contributed by atoms with Gasteiger partial charge in [0.25, 0.3) is 0 Å². The molecule has 0 unspecified atom stereocenters. The number of hydrogen-bond acceptors (Lipinski definition) is 3. The molecule has 3 heteroatoms. The molecule has 0 saturated heterocycles. The summed E-state index contributed by atoms with van der Waals surface area (Å²) in [5.41, 5.74) is 0. The van der Waals surface area contributed by atoms with Gasteiger partial charge in [0.2, 0.25) is 0 Å². The molecule has 0 aromatic rings. The second-order valence-electron chi connectivity index (χ2n) is 5.29. The van der Waals surface area contributed by atoms with E-state index in [4.69, 9.17) is 4.74 Å². The van der Waals surface area contributed by atoms with Crippen LogP contribution in [0.5, 0.6) is 0 Å². The zero-order valence-electron chi connectivity index (χ0n) is 12.8. The minimum Gasteiger partial charge on any atom is -0.380 e. The Balaban J connectivity index is 2.90. The summed E-state index contributed by atoms with van der Waals surface area (Å²) in [6.07, 6.45) is 9.25. The standard InChI is InChI=1S/C15H34N2O/c1-4-5-6-7-8-9-14-18-15-12-16-11-10-13-17(2)3/h16H,4-15H2,1-3H3. The van der Waals surface area contributed by atoms with Crippen LogP contribution in [0.25, 0.3) is 0 Å². The van der Waals surface area contributed by atoms with Gasteiger partial charge in [0, 0.05) is 13.2 Å². The van der Waals surface area contributed by atoms with Crippen molar-refractivity contribution in [2.24, 2.45) is 0 Å². The largest absolute Gasteiger partial charge is 0.380 e. The number of nitrogens with zero attached hydrogens (tertiary/aromatic N) is 1. The van der Waals surface area contributed by atoms with Crippen LogP contribution in [-0.4, -0.2) is 51.8 Å². The molecule has 0 bridgehead atoms. The van der Waals surface area contributed by atoms with Crippen LogP contribution in [0.15, 0.2) is 0 Å². The van der Waals surface area contributed by atoms with Crippen LogP contribution in [0.3, 0.4) is 0 Å². The van der Waals surface area contributed by atoms with Gasteiger partial charge in [0.05, 0.1) is 6.61 Å². The highest BCUT2D eigenvalue weighted by molar-refractivity contribution is 4.50. The third-order valence-corrected chi connectivity index (χ3v) is 3.02. The maximum Gasteiger partial charge on any atom is 0.0590 e. The molecular weight excluding hydrogens is 224 g/mol. The number of nitrogens with one attached hydrogen (secondary N) is 1. The zero-order chi connectivity index (χ0) is 13.5. The van der Waals surface area contributed by atoms with E-state index in [1.54, 1.807) is 0 Å². The molecule has 0 saturated carbocycles. The number of rotatable bonds is 14. The molecule has 0 atom stereocenters. The summed E-state index contributed by atoms with van der Waals surface area (Å²) in [4.78, 5) is 2.22. The fourth-order valence-corrected chi connectivity index (χ4v) is 1.88. The van der Waals surface area contributed by atoms with E-state index >= 15 is 0 Å². The third-order valence-electron chi connectivity index (χ3n) is 3.02. The first-order valence-electron chi connectivity index (χ1n) is 7.70. The molecule has 0 aliphatic rings. The molecule has 0 radical (unpaired) electrons. The lowest BCUT2D eigenvalue weighted by molar-refractivity contribution is 0.131. The van der Waals surface area contributed by atoms with Gasteiger partial charge >= 0.3 is 0 Å². The van der Waals surface area contributed by atoms with Crippen LogP contribution in [0.4, 0.5) is 0 Å². The number of hydrogen-bond donors (Lipinski definition) is 1. The first kappa shape index (κ1) is 17.9. The van der Waals surface area contributed by atoms with Gasteiger partial charge in [-0.05, 0) is 40.0 Å². The lowest BCUT2D eigenvalue weighted by atomic mass is 10.1. The van der Waals surface area contributed by atoms with Crippen molar-refractivity contribution in [1.29, 1.82) is 0 Å². The van der Waals surface area contributed by atoms with Gasteiger partial charge in [-0.2, -0.15) is 0 Å². The maximum absolute atomic E-state index is 5.59. The summed E-state index contributed by atoms with van der Waals surface area (Å²) >= 11 is 0. The zero-order valence-corrected chi connectivity index (χ0v) is 12.8. The summed E-state index contributed by atoms with van der Waals surface area (Å²) in [7, 11) is 4.23. The van der Waals surface area contributed by atoms with Crippen molar-refractivity contribution in [3.8, 4) is 0 Å². The summed E-state index contributed by atoms with van der Waals surface area (Å²) in [6, 6.07) is 0. The number of unbranched alkanes of at least 4 members (excludes halogenated alkanes) is 5. The highest BCUT2D eigenvalue weighted by Crippen LogP contribution is 2.04. The van der Waals surface area contributed by atoms with Crippen LogP contribution in [0, 0.1) is 0 Å². The smallest absolute Gasteiger partial charge is 0.0590 e. The molecule has 110 valence electrons. The summed E-state index contributed by atoms with van der Waals surface area (Å²) in [5.74, 6) is 0. The van der Waals surface area contributed by atoms with Crippen molar-refractivity contribution >= 4 is 0 Å². The van der Waals surface area contributed by atoms with E-state index < -0.39 is 0 Å². The minimum absolute atomic E-state index is 0.858. The average Bonchev–Trinajstić information content (AvgIpc) is 2.34. The Hall–Kier alpha value is -0.120. The van der Waals surface area contributed by atoms with Crippen molar-refractivity contribution in [1.82, 2.24) is 10.2 Å². The molecule has 18 heavy (non-hydrogen) atoms. The van der Waals surface area contributed by atoms with Crippen LogP contribution < -0.4 is 5.32 Å². The van der Waals surface area contributed by atoms with Crippen molar-refractivity contribution in [3.05, 3.63) is 0 Å². The first-order valence-corrected chi connectivity index (χ1v) is 7.70. The molecule has 0 aliphatic heterocycles. The van der Waals surface area contributed by atoms with Gasteiger partial charge in [-0.25, -0.2) is 0 Å². The fraction of sp³-hybridized carbons (Fsp3) is 1.00. The molecule has 0 heterocycles. The predicted molar refractivity (Wildman–Crippen MR) is 80.2 cm³/mol. The number of ether oxygens (including phenoxy) is 1. The van der Waals surface area contributed by atoms with E-state index in [0.717, 1.165) is 32.8 Å². The molecule has 0 amide bonds. The maximum atomic E-state index is 5.59. The second-order valence-corrected chi connectivity index (χ2v) is 5.29. The van der Waals surface area contributed by atoms with Crippen molar-refractivity contribution < 1.29 is 4.74 Å². The summed E-state index contributed by atoms with van der Waals surface area (Å²) < 4.78 is 5.59.